The lowest BCUT2D eigenvalue weighted by Gasteiger charge is -2.08. The molecule has 0 aliphatic rings. The minimum Gasteiger partial charge on any atom is -0.397 e. The van der Waals surface area contributed by atoms with Crippen molar-refractivity contribution in [2.24, 2.45) is 0 Å². The number of nitrogens with one attached hydrogen (secondary N) is 1. The van der Waals surface area contributed by atoms with Gasteiger partial charge in [-0.3, -0.25) is 4.79 Å². The number of ether oxygens (including phenoxy) is 1. The molecular formula is C13H19ClN2O2. The van der Waals surface area contributed by atoms with E-state index in [1.807, 2.05) is 0 Å². The molecule has 0 bridgehead atoms. The molecule has 0 fully saturated rings. The monoisotopic (exact) mass is 270 g/mol. The maximum atomic E-state index is 11.6. The van der Waals surface area contributed by atoms with E-state index < -0.39 is 0 Å². The summed E-state index contributed by atoms with van der Waals surface area (Å²) in [6.07, 6.45) is 2.12. The van der Waals surface area contributed by atoms with E-state index in [0.29, 0.717) is 35.8 Å². The Kier molecular flexibility index (Phi) is 6.54. The number of carbonyl (C=O) groups excluding carboxylic acids is 1. The first-order chi connectivity index (χ1) is 8.63. The molecule has 100 valence electrons. The van der Waals surface area contributed by atoms with Gasteiger partial charge in [0.25, 0.3) is 0 Å². The van der Waals surface area contributed by atoms with Crippen LogP contribution < -0.4 is 11.1 Å². The molecule has 0 spiro atoms. The van der Waals surface area contributed by atoms with Crippen LogP contribution in [-0.4, -0.2) is 19.1 Å². The molecule has 5 heteroatoms. The number of carbonyl (C=O) groups is 1. The van der Waals surface area contributed by atoms with Crippen LogP contribution in [0.5, 0.6) is 0 Å². The number of hydrogen-bond acceptors (Lipinski definition) is 3. The largest absolute Gasteiger partial charge is 0.397 e. The number of anilines is 2. The third-order valence-electron chi connectivity index (χ3n) is 2.33. The second-order valence-electron chi connectivity index (χ2n) is 4.00. The van der Waals surface area contributed by atoms with E-state index in [0.717, 1.165) is 13.0 Å². The molecule has 1 aromatic carbocycles. The summed E-state index contributed by atoms with van der Waals surface area (Å²) in [5.41, 5.74) is 6.81. The van der Waals surface area contributed by atoms with Crippen LogP contribution in [0.2, 0.25) is 5.02 Å². The normalized spacial score (nSPS) is 10.3. The lowest BCUT2D eigenvalue weighted by atomic mass is 10.2. The Morgan fingerprint density at radius 1 is 1.44 bits per heavy atom. The molecule has 0 atom stereocenters. The number of nitrogen functional groups attached to an aromatic ring is 1. The molecule has 0 aliphatic carbocycles. The van der Waals surface area contributed by atoms with Gasteiger partial charge >= 0.3 is 0 Å². The zero-order valence-corrected chi connectivity index (χ0v) is 11.3. The smallest absolute Gasteiger partial charge is 0.224 e. The van der Waals surface area contributed by atoms with E-state index in [4.69, 9.17) is 22.1 Å². The average Bonchev–Trinajstić information content (AvgIpc) is 2.32. The lowest BCUT2D eigenvalue weighted by Crippen LogP contribution is -2.13. The summed E-state index contributed by atoms with van der Waals surface area (Å²) < 4.78 is 5.30. The summed E-state index contributed by atoms with van der Waals surface area (Å²) in [6.45, 7) is 3.40. The molecule has 0 aromatic heterocycles. The molecule has 0 saturated heterocycles. The first kappa shape index (κ1) is 14.8. The van der Waals surface area contributed by atoms with Crippen molar-refractivity contribution < 1.29 is 9.53 Å². The van der Waals surface area contributed by atoms with Crippen LogP contribution in [0.1, 0.15) is 26.2 Å². The molecular weight excluding hydrogens is 252 g/mol. The van der Waals surface area contributed by atoms with Gasteiger partial charge in [-0.2, -0.15) is 0 Å². The number of rotatable bonds is 7. The molecule has 4 nitrogen and oxygen atoms in total. The summed E-state index contributed by atoms with van der Waals surface area (Å²) in [5.74, 6) is -0.0656. The van der Waals surface area contributed by atoms with Crippen LogP contribution in [0.3, 0.4) is 0 Å². The molecule has 0 saturated carbocycles. The second-order valence-corrected chi connectivity index (χ2v) is 4.43. The van der Waals surface area contributed by atoms with Crippen LogP contribution in [0, 0.1) is 0 Å². The zero-order chi connectivity index (χ0) is 13.4. The minimum atomic E-state index is -0.0656. The van der Waals surface area contributed by atoms with Gasteiger partial charge in [0.2, 0.25) is 5.91 Å². The summed E-state index contributed by atoms with van der Waals surface area (Å²) in [5, 5.41) is 3.30. The summed E-state index contributed by atoms with van der Waals surface area (Å²) in [6, 6.07) is 5.00. The number of benzene rings is 1. The van der Waals surface area contributed by atoms with Gasteiger partial charge in [0.15, 0.2) is 0 Å². The van der Waals surface area contributed by atoms with E-state index in [1.165, 1.54) is 0 Å². The molecule has 1 rings (SSSR count). The first-order valence-electron chi connectivity index (χ1n) is 6.06. The van der Waals surface area contributed by atoms with Crippen molar-refractivity contribution in [3.05, 3.63) is 23.2 Å². The van der Waals surface area contributed by atoms with Gasteiger partial charge in [0.1, 0.15) is 0 Å². The molecule has 0 unspecified atom stereocenters. The van der Waals surface area contributed by atoms with Crippen LogP contribution in [-0.2, 0) is 9.53 Å². The van der Waals surface area contributed by atoms with E-state index >= 15 is 0 Å². The number of hydrogen-bond donors (Lipinski definition) is 2. The van der Waals surface area contributed by atoms with Crippen molar-refractivity contribution in [1.29, 1.82) is 0 Å². The Balaban J connectivity index is 2.31. The van der Waals surface area contributed by atoms with Crippen LogP contribution in [0.15, 0.2) is 18.2 Å². The van der Waals surface area contributed by atoms with Crippen molar-refractivity contribution in [3.63, 3.8) is 0 Å². The van der Waals surface area contributed by atoms with Crippen molar-refractivity contribution in [1.82, 2.24) is 0 Å². The standard InChI is InChI=1S/C13H19ClN2O2/c1-2-7-18-8-3-4-13(17)16-12-6-5-10(14)9-11(12)15/h5-6,9H,2-4,7-8,15H2,1H3,(H,16,17). The number of nitrogens with two attached hydrogens (primary N) is 1. The van der Waals surface area contributed by atoms with Crippen LogP contribution >= 0.6 is 11.6 Å². The van der Waals surface area contributed by atoms with Gasteiger partial charge in [-0.1, -0.05) is 18.5 Å². The fourth-order valence-electron chi connectivity index (χ4n) is 1.44. The van der Waals surface area contributed by atoms with Gasteiger partial charge in [-0.05, 0) is 31.0 Å². The van der Waals surface area contributed by atoms with Crippen LogP contribution in [0.4, 0.5) is 11.4 Å². The third kappa shape index (κ3) is 5.38. The Morgan fingerprint density at radius 3 is 2.89 bits per heavy atom. The van der Waals surface area contributed by atoms with Crippen molar-refractivity contribution in [3.8, 4) is 0 Å². The fraction of sp³-hybridized carbons (Fsp3) is 0.462. The lowest BCUT2D eigenvalue weighted by molar-refractivity contribution is -0.116. The molecule has 0 heterocycles. The number of halogens is 1. The van der Waals surface area contributed by atoms with E-state index in [9.17, 15) is 4.79 Å². The molecule has 1 amide bonds. The number of amides is 1. The quantitative estimate of drug-likeness (QED) is 0.591. The van der Waals surface area contributed by atoms with Crippen LogP contribution in [0.25, 0.3) is 0 Å². The minimum absolute atomic E-state index is 0.0656. The Labute approximate surface area is 112 Å². The Hall–Kier alpha value is -1.26. The average molecular weight is 271 g/mol. The zero-order valence-electron chi connectivity index (χ0n) is 10.5. The van der Waals surface area contributed by atoms with E-state index in [-0.39, 0.29) is 5.91 Å². The highest BCUT2D eigenvalue weighted by molar-refractivity contribution is 6.31. The Morgan fingerprint density at radius 2 is 2.22 bits per heavy atom. The predicted molar refractivity (Wildman–Crippen MR) is 74.8 cm³/mol. The highest BCUT2D eigenvalue weighted by Gasteiger charge is 2.05. The fourth-order valence-corrected chi connectivity index (χ4v) is 1.62. The molecule has 0 aliphatic heterocycles. The van der Waals surface area contributed by atoms with Gasteiger partial charge in [-0.15, -0.1) is 0 Å². The third-order valence-corrected chi connectivity index (χ3v) is 2.56. The van der Waals surface area contributed by atoms with Gasteiger partial charge in [0, 0.05) is 24.7 Å². The van der Waals surface area contributed by atoms with E-state index in [2.05, 4.69) is 12.2 Å². The summed E-state index contributed by atoms with van der Waals surface area (Å²) in [7, 11) is 0. The van der Waals surface area contributed by atoms with Gasteiger partial charge in [0.05, 0.1) is 11.4 Å². The van der Waals surface area contributed by atoms with Gasteiger partial charge in [-0.25, -0.2) is 0 Å². The molecule has 3 N–H and O–H groups in total. The molecule has 0 radical (unpaired) electrons. The first-order valence-corrected chi connectivity index (χ1v) is 6.44. The van der Waals surface area contributed by atoms with Crippen molar-refractivity contribution >= 4 is 28.9 Å². The van der Waals surface area contributed by atoms with E-state index in [1.54, 1.807) is 18.2 Å². The molecule has 18 heavy (non-hydrogen) atoms. The SMILES string of the molecule is CCCOCCCC(=O)Nc1ccc(Cl)cc1N. The predicted octanol–water partition coefficient (Wildman–Crippen LogP) is 3.07. The maximum Gasteiger partial charge on any atom is 0.224 e. The second kappa shape index (κ2) is 7.95. The highest BCUT2D eigenvalue weighted by Crippen LogP contribution is 2.22. The summed E-state index contributed by atoms with van der Waals surface area (Å²) >= 11 is 5.78. The highest BCUT2D eigenvalue weighted by atomic mass is 35.5. The topological polar surface area (TPSA) is 64.3 Å². The molecule has 1 aromatic rings. The van der Waals surface area contributed by atoms with Gasteiger partial charge < -0.3 is 15.8 Å². The van der Waals surface area contributed by atoms with Crippen molar-refractivity contribution in [2.45, 2.75) is 26.2 Å². The Bertz CT molecular complexity index is 397. The maximum absolute atomic E-state index is 11.6. The van der Waals surface area contributed by atoms with Crippen molar-refractivity contribution in [2.75, 3.05) is 24.3 Å². The summed E-state index contributed by atoms with van der Waals surface area (Å²) in [4.78, 5) is 11.6.